The Kier molecular flexibility index (Phi) is 6.21. The normalized spacial score (nSPS) is 12.5. The number of thiocarbonyl (C=S) groups is 1. The van der Waals surface area contributed by atoms with E-state index in [0.29, 0.717) is 4.99 Å². The van der Waals surface area contributed by atoms with Crippen LogP contribution >= 0.6 is 12.2 Å². The van der Waals surface area contributed by atoms with Crippen LogP contribution in [0.25, 0.3) is 0 Å². The number of rotatable bonds is 7. The van der Waals surface area contributed by atoms with Crippen LogP contribution in [0.4, 0.5) is 0 Å². The average molecular weight is 282 g/mol. The van der Waals surface area contributed by atoms with Gasteiger partial charge in [0, 0.05) is 24.2 Å². The summed E-state index contributed by atoms with van der Waals surface area (Å²) >= 11 is 4.99. The molecule has 0 aliphatic carbocycles. The highest BCUT2D eigenvalue weighted by atomic mass is 32.1. The molecule has 1 aromatic rings. The molecule has 0 aromatic heterocycles. The van der Waals surface area contributed by atoms with E-state index in [1.54, 1.807) is 14.0 Å². The van der Waals surface area contributed by atoms with Gasteiger partial charge in [-0.2, -0.15) is 0 Å². The maximum absolute atomic E-state index is 9.30. The maximum Gasteiger partial charge on any atom is 0.123 e. The van der Waals surface area contributed by atoms with Gasteiger partial charge in [-0.15, -0.1) is 0 Å². The third kappa shape index (κ3) is 5.14. The van der Waals surface area contributed by atoms with Gasteiger partial charge in [0.2, 0.25) is 0 Å². The van der Waals surface area contributed by atoms with Gasteiger partial charge in [0.15, 0.2) is 0 Å². The van der Waals surface area contributed by atoms with Gasteiger partial charge < -0.3 is 20.5 Å². The van der Waals surface area contributed by atoms with Gasteiger partial charge >= 0.3 is 0 Å². The molecular weight excluding hydrogens is 260 g/mol. The van der Waals surface area contributed by atoms with Crippen LogP contribution in [0.1, 0.15) is 24.5 Å². The summed E-state index contributed by atoms with van der Waals surface area (Å²) in [5.41, 5.74) is 7.53. The second-order valence-corrected chi connectivity index (χ2v) is 5.21. The second-order valence-electron chi connectivity index (χ2n) is 4.77. The molecule has 5 heteroatoms. The minimum absolute atomic E-state index is 0.285. The lowest BCUT2D eigenvalue weighted by Crippen LogP contribution is -2.22. The Morgan fingerprint density at radius 2 is 2.21 bits per heavy atom. The van der Waals surface area contributed by atoms with Crippen LogP contribution in [0.2, 0.25) is 0 Å². The first-order chi connectivity index (χ1) is 8.93. The lowest BCUT2D eigenvalue weighted by Gasteiger charge is -2.19. The minimum Gasteiger partial charge on any atom is -0.496 e. The van der Waals surface area contributed by atoms with Crippen molar-refractivity contribution < 1.29 is 9.84 Å². The molecule has 3 N–H and O–H groups in total. The van der Waals surface area contributed by atoms with E-state index < -0.39 is 0 Å². The number of ether oxygens (including phenoxy) is 1. The Morgan fingerprint density at radius 3 is 2.74 bits per heavy atom. The predicted octanol–water partition coefficient (Wildman–Crippen LogP) is 1.53. The van der Waals surface area contributed by atoms with Crippen molar-refractivity contribution in [2.45, 2.75) is 26.0 Å². The lowest BCUT2D eigenvalue weighted by atomic mass is 10.1. The molecule has 0 spiro atoms. The molecule has 19 heavy (non-hydrogen) atoms. The van der Waals surface area contributed by atoms with E-state index >= 15 is 0 Å². The highest BCUT2D eigenvalue weighted by Gasteiger charge is 2.09. The fourth-order valence-corrected chi connectivity index (χ4v) is 1.96. The van der Waals surface area contributed by atoms with Gasteiger partial charge in [-0.3, -0.25) is 0 Å². The molecule has 0 heterocycles. The van der Waals surface area contributed by atoms with Crippen LogP contribution in [-0.4, -0.2) is 41.8 Å². The number of nitrogens with two attached hydrogens (primary N) is 1. The third-order valence-electron chi connectivity index (χ3n) is 2.93. The van der Waals surface area contributed by atoms with Crippen molar-refractivity contribution in [3.63, 3.8) is 0 Å². The van der Waals surface area contributed by atoms with E-state index in [1.807, 2.05) is 25.2 Å². The number of hydrogen-bond donors (Lipinski definition) is 2. The molecule has 0 saturated heterocycles. The molecule has 0 amide bonds. The smallest absolute Gasteiger partial charge is 0.123 e. The Bertz CT molecular complexity index is 435. The summed E-state index contributed by atoms with van der Waals surface area (Å²) < 4.78 is 5.35. The van der Waals surface area contributed by atoms with Crippen molar-refractivity contribution in [1.82, 2.24) is 4.90 Å². The molecule has 0 saturated carbocycles. The Morgan fingerprint density at radius 1 is 1.53 bits per heavy atom. The molecule has 1 unspecified atom stereocenters. The van der Waals surface area contributed by atoms with Crippen LogP contribution in [0, 0.1) is 0 Å². The van der Waals surface area contributed by atoms with Gasteiger partial charge in [-0.05, 0) is 38.6 Å². The van der Waals surface area contributed by atoms with E-state index in [1.165, 1.54) is 0 Å². The van der Waals surface area contributed by atoms with Gasteiger partial charge in [-0.1, -0.05) is 12.2 Å². The number of nitrogens with zero attached hydrogens (tertiary/aromatic N) is 1. The van der Waals surface area contributed by atoms with Crippen LogP contribution in [0.3, 0.4) is 0 Å². The molecule has 0 fully saturated rings. The van der Waals surface area contributed by atoms with Crippen molar-refractivity contribution in [1.29, 1.82) is 0 Å². The molecule has 1 atom stereocenters. The van der Waals surface area contributed by atoms with Crippen LogP contribution in [-0.2, 0) is 6.54 Å². The van der Waals surface area contributed by atoms with Crippen molar-refractivity contribution in [3.05, 3.63) is 29.3 Å². The molecule has 1 rings (SSSR count). The number of aliphatic hydroxyl groups is 1. The molecular formula is C14H22N2O2S. The molecule has 1 aromatic carbocycles. The summed E-state index contributed by atoms with van der Waals surface area (Å²) in [5, 5.41) is 9.30. The number of methoxy groups -OCH3 is 1. The maximum atomic E-state index is 9.30. The number of hydrogen-bond acceptors (Lipinski definition) is 4. The zero-order valence-corrected chi connectivity index (χ0v) is 12.5. The van der Waals surface area contributed by atoms with Crippen molar-refractivity contribution >= 4 is 17.2 Å². The minimum atomic E-state index is -0.285. The molecule has 0 radical (unpaired) electrons. The van der Waals surface area contributed by atoms with Crippen LogP contribution in [0.15, 0.2) is 18.2 Å². The fraction of sp³-hybridized carbons (Fsp3) is 0.500. The summed E-state index contributed by atoms with van der Waals surface area (Å²) in [6.07, 6.45) is 0.459. The van der Waals surface area contributed by atoms with Gasteiger partial charge in [0.25, 0.3) is 0 Å². The largest absolute Gasteiger partial charge is 0.496 e. The Balaban J connectivity index is 2.79. The van der Waals surface area contributed by atoms with Gasteiger partial charge in [0.05, 0.1) is 13.2 Å². The summed E-state index contributed by atoms with van der Waals surface area (Å²) in [5.74, 6) is 0.823. The number of aliphatic hydroxyl groups excluding tert-OH is 1. The van der Waals surface area contributed by atoms with Gasteiger partial charge in [0.1, 0.15) is 10.7 Å². The van der Waals surface area contributed by atoms with Crippen LogP contribution in [0.5, 0.6) is 5.75 Å². The van der Waals surface area contributed by atoms with Crippen molar-refractivity contribution in [2.24, 2.45) is 5.73 Å². The Hall–Kier alpha value is -1.17. The highest BCUT2D eigenvalue weighted by molar-refractivity contribution is 7.80. The SMILES string of the molecule is COc1ccc(C(N)=S)cc1CN(C)CCC(C)O. The first-order valence-corrected chi connectivity index (χ1v) is 6.68. The third-order valence-corrected chi connectivity index (χ3v) is 3.17. The molecule has 0 aliphatic heterocycles. The first kappa shape index (κ1) is 15.9. The summed E-state index contributed by atoms with van der Waals surface area (Å²) in [4.78, 5) is 2.52. The Labute approximate surface area is 120 Å². The highest BCUT2D eigenvalue weighted by Crippen LogP contribution is 2.21. The first-order valence-electron chi connectivity index (χ1n) is 6.27. The topological polar surface area (TPSA) is 58.7 Å². The molecule has 0 bridgehead atoms. The summed E-state index contributed by atoms with van der Waals surface area (Å²) in [6, 6.07) is 5.70. The predicted molar refractivity (Wildman–Crippen MR) is 81.5 cm³/mol. The number of benzene rings is 1. The van der Waals surface area contributed by atoms with E-state index in [4.69, 9.17) is 22.7 Å². The zero-order chi connectivity index (χ0) is 14.4. The van der Waals surface area contributed by atoms with Crippen molar-refractivity contribution in [2.75, 3.05) is 20.7 Å². The standard InChI is InChI=1S/C14H22N2O2S/c1-10(17)6-7-16(2)9-12-8-11(14(15)19)4-5-13(12)18-3/h4-5,8,10,17H,6-7,9H2,1-3H3,(H2,15,19). The van der Waals surface area contributed by atoms with Gasteiger partial charge in [-0.25, -0.2) is 0 Å². The van der Waals surface area contributed by atoms with Crippen LogP contribution < -0.4 is 10.5 Å². The molecule has 0 aliphatic rings. The molecule has 106 valence electrons. The second kappa shape index (κ2) is 7.43. The van der Waals surface area contributed by atoms with E-state index in [0.717, 1.165) is 36.4 Å². The summed E-state index contributed by atoms with van der Waals surface area (Å²) in [7, 11) is 3.66. The lowest BCUT2D eigenvalue weighted by molar-refractivity contribution is 0.162. The van der Waals surface area contributed by atoms with E-state index in [-0.39, 0.29) is 6.10 Å². The molecule has 4 nitrogen and oxygen atoms in total. The monoisotopic (exact) mass is 282 g/mol. The summed E-state index contributed by atoms with van der Waals surface area (Å²) in [6.45, 7) is 3.34. The van der Waals surface area contributed by atoms with E-state index in [9.17, 15) is 5.11 Å². The quantitative estimate of drug-likeness (QED) is 0.743. The average Bonchev–Trinajstić information content (AvgIpc) is 2.36. The van der Waals surface area contributed by atoms with E-state index in [2.05, 4.69) is 4.90 Å². The van der Waals surface area contributed by atoms with Crippen molar-refractivity contribution in [3.8, 4) is 5.75 Å². The fourth-order valence-electron chi connectivity index (χ4n) is 1.83. The zero-order valence-electron chi connectivity index (χ0n) is 11.7.